The van der Waals surface area contributed by atoms with Crippen LogP contribution in [-0.4, -0.2) is 48.2 Å². The number of carbonyl (C=O) groups is 2. The van der Waals surface area contributed by atoms with E-state index in [0.29, 0.717) is 31.7 Å². The highest BCUT2D eigenvalue weighted by atomic mass is 16.5. The van der Waals surface area contributed by atoms with Gasteiger partial charge in [-0.2, -0.15) is 0 Å². The summed E-state index contributed by atoms with van der Waals surface area (Å²) in [4.78, 5) is 25.6. The van der Waals surface area contributed by atoms with Gasteiger partial charge in [-0.05, 0) is 36.5 Å². The average Bonchev–Trinajstić information content (AvgIpc) is 2.56. The third kappa shape index (κ3) is 6.86. The lowest BCUT2D eigenvalue weighted by molar-refractivity contribution is -0.141. The molecule has 5 heteroatoms. The number of ether oxygens (including phenoxy) is 1. The minimum absolute atomic E-state index is 0.0244. The van der Waals surface area contributed by atoms with Crippen molar-refractivity contribution >= 4 is 11.9 Å². The second-order valence-corrected chi connectivity index (χ2v) is 7.37. The zero-order valence-corrected chi connectivity index (χ0v) is 16.0. The van der Waals surface area contributed by atoms with E-state index >= 15 is 0 Å². The summed E-state index contributed by atoms with van der Waals surface area (Å²) >= 11 is 0. The van der Waals surface area contributed by atoms with Crippen LogP contribution in [0, 0.1) is 5.92 Å². The highest BCUT2D eigenvalue weighted by Gasteiger charge is 2.22. The molecule has 1 aromatic carbocycles. The first kappa shape index (κ1) is 21.2. The van der Waals surface area contributed by atoms with Crippen molar-refractivity contribution in [3.63, 3.8) is 0 Å². The molecule has 0 heterocycles. The fourth-order valence-electron chi connectivity index (χ4n) is 2.48. The van der Waals surface area contributed by atoms with Gasteiger partial charge in [0.15, 0.2) is 0 Å². The second kappa shape index (κ2) is 9.56. The van der Waals surface area contributed by atoms with E-state index in [4.69, 9.17) is 9.84 Å². The van der Waals surface area contributed by atoms with Crippen LogP contribution in [0.25, 0.3) is 0 Å². The number of hydrogen-bond donors (Lipinski definition) is 1. The Labute approximate surface area is 151 Å². The Morgan fingerprint density at radius 3 is 2.28 bits per heavy atom. The summed E-state index contributed by atoms with van der Waals surface area (Å²) in [5.74, 6) is -1.64. The lowest BCUT2D eigenvalue weighted by Gasteiger charge is -2.25. The quantitative estimate of drug-likeness (QED) is 0.692. The number of benzene rings is 1. The number of amides is 1. The van der Waals surface area contributed by atoms with Crippen LogP contribution < -0.4 is 0 Å². The minimum Gasteiger partial charge on any atom is -0.481 e. The molecule has 0 saturated heterocycles. The summed E-state index contributed by atoms with van der Waals surface area (Å²) in [6, 6.07) is 7.58. The highest BCUT2D eigenvalue weighted by Crippen LogP contribution is 2.22. The van der Waals surface area contributed by atoms with Crippen LogP contribution in [0.5, 0.6) is 0 Å². The van der Waals surface area contributed by atoms with Crippen LogP contribution in [-0.2, 0) is 14.9 Å². The number of carboxylic acid groups (broad SMARTS) is 1. The average molecular weight is 349 g/mol. The molecule has 1 rings (SSSR count). The van der Waals surface area contributed by atoms with Gasteiger partial charge in [-0.1, -0.05) is 39.8 Å². The molecule has 0 saturated carbocycles. The molecule has 1 unspecified atom stereocenters. The van der Waals surface area contributed by atoms with Gasteiger partial charge in [0.1, 0.15) is 0 Å². The first-order valence-corrected chi connectivity index (χ1v) is 8.87. The van der Waals surface area contributed by atoms with Gasteiger partial charge in [0, 0.05) is 31.9 Å². The molecular formula is C20H31NO4. The lowest BCUT2D eigenvalue weighted by Crippen LogP contribution is -2.38. The molecule has 1 N–H and O–H groups in total. The number of carboxylic acids is 1. The molecule has 0 radical (unpaired) electrons. The van der Waals surface area contributed by atoms with E-state index in [1.54, 1.807) is 11.8 Å². The summed E-state index contributed by atoms with van der Waals surface area (Å²) in [5, 5.41) is 9.16. The summed E-state index contributed by atoms with van der Waals surface area (Å²) in [6.07, 6.45) is 0.687. The lowest BCUT2D eigenvalue weighted by atomic mass is 9.86. The van der Waals surface area contributed by atoms with Crippen LogP contribution >= 0.6 is 0 Å². The van der Waals surface area contributed by atoms with Crippen molar-refractivity contribution in [2.45, 2.75) is 46.5 Å². The van der Waals surface area contributed by atoms with Crippen LogP contribution in [0.1, 0.15) is 57.0 Å². The van der Waals surface area contributed by atoms with E-state index in [1.807, 2.05) is 31.2 Å². The molecule has 0 fully saturated rings. The molecule has 25 heavy (non-hydrogen) atoms. The number of aliphatic carboxylic acids is 1. The molecular weight excluding hydrogens is 318 g/mol. The second-order valence-electron chi connectivity index (χ2n) is 7.37. The molecule has 1 atom stereocenters. The Balaban J connectivity index is 2.87. The summed E-state index contributed by atoms with van der Waals surface area (Å²) in [5.41, 5.74) is 1.77. The molecule has 0 aromatic heterocycles. The number of rotatable bonds is 9. The topological polar surface area (TPSA) is 66.8 Å². The molecule has 140 valence electrons. The Kier molecular flexibility index (Phi) is 8.10. The molecule has 0 spiro atoms. The maximum absolute atomic E-state index is 12.8. The van der Waals surface area contributed by atoms with E-state index in [0.717, 1.165) is 5.56 Å². The molecule has 1 aromatic rings. The predicted molar refractivity (Wildman–Crippen MR) is 99.0 cm³/mol. The molecule has 1 amide bonds. The van der Waals surface area contributed by atoms with Crippen molar-refractivity contribution < 1.29 is 19.4 Å². The van der Waals surface area contributed by atoms with Gasteiger partial charge in [0.05, 0.1) is 5.92 Å². The molecule has 0 bridgehead atoms. The largest absolute Gasteiger partial charge is 0.481 e. The first-order chi connectivity index (χ1) is 11.7. The maximum Gasteiger partial charge on any atom is 0.308 e. The van der Waals surface area contributed by atoms with Gasteiger partial charge in [0.2, 0.25) is 0 Å². The molecule has 5 nitrogen and oxygen atoms in total. The van der Waals surface area contributed by atoms with E-state index in [9.17, 15) is 9.59 Å². The standard InChI is InChI=1S/C20H31NO4/c1-6-25-13-7-12-21(14-15(2)19(23)24)18(22)16-8-10-17(11-9-16)20(3,4)5/h8-11,15H,6-7,12-14H2,1-5H3,(H,23,24). The summed E-state index contributed by atoms with van der Waals surface area (Å²) in [6.45, 7) is 11.8. The van der Waals surface area contributed by atoms with Gasteiger partial charge >= 0.3 is 5.97 Å². The monoisotopic (exact) mass is 349 g/mol. The van der Waals surface area contributed by atoms with E-state index in [-0.39, 0.29) is 17.9 Å². The van der Waals surface area contributed by atoms with Gasteiger partial charge in [-0.15, -0.1) is 0 Å². The molecule has 0 aliphatic rings. The van der Waals surface area contributed by atoms with Crippen LogP contribution in [0.3, 0.4) is 0 Å². The van der Waals surface area contributed by atoms with Crippen molar-refractivity contribution in [1.82, 2.24) is 4.90 Å². The Bertz CT molecular complexity index is 560. The third-order valence-electron chi connectivity index (χ3n) is 4.12. The van der Waals surface area contributed by atoms with E-state index in [2.05, 4.69) is 20.8 Å². The van der Waals surface area contributed by atoms with Crippen molar-refractivity contribution in [1.29, 1.82) is 0 Å². The summed E-state index contributed by atoms with van der Waals surface area (Å²) in [7, 11) is 0. The first-order valence-electron chi connectivity index (χ1n) is 8.87. The van der Waals surface area contributed by atoms with Gasteiger partial charge < -0.3 is 14.7 Å². The van der Waals surface area contributed by atoms with Gasteiger partial charge in [-0.25, -0.2) is 0 Å². The van der Waals surface area contributed by atoms with Crippen molar-refractivity contribution in [3.8, 4) is 0 Å². The fourth-order valence-corrected chi connectivity index (χ4v) is 2.48. The highest BCUT2D eigenvalue weighted by molar-refractivity contribution is 5.94. The molecule has 0 aliphatic carbocycles. The van der Waals surface area contributed by atoms with Crippen LogP contribution in [0.4, 0.5) is 0 Å². The smallest absolute Gasteiger partial charge is 0.308 e. The Morgan fingerprint density at radius 1 is 1.20 bits per heavy atom. The normalized spacial score (nSPS) is 12.7. The zero-order valence-electron chi connectivity index (χ0n) is 16.0. The number of nitrogens with zero attached hydrogens (tertiary/aromatic N) is 1. The summed E-state index contributed by atoms with van der Waals surface area (Å²) < 4.78 is 5.32. The van der Waals surface area contributed by atoms with Crippen LogP contribution in [0.15, 0.2) is 24.3 Å². The Hall–Kier alpha value is -1.88. The van der Waals surface area contributed by atoms with Crippen molar-refractivity contribution in [2.24, 2.45) is 5.92 Å². The van der Waals surface area contributed by atoms with Gasteiger partial charge in [0.25, 0.3) is 5.91 Å². The fraction of sp³-hybridized carbons (Fsp3) is 0.600. The van der Waals surface area contributed by atoms with Gasteiger partial charge in [-0.3, -0.25) is 9.59 Å². The van der Waals surface area contributed by atoms with Crippen molar-refractivity contribution in [2.75, 3.05) is 26.3 Å². The van der Waals surface area contributed by atoms with Crippen LogP contribution in [0.2, 0.25) is 0 Å². The maximum atomic E-state index is 12.8. The SMILES string of the molecule is CCOCCCN(CC(C)C(=O)O)C(=O)c1ccc(C(C)(C)C)cc1. The van der Waals surface area contributed by atoms with E-state index < -0.39 is 11.9 Å². The minimum atomic E-state index is -0.898. The third-order valence-corrected chi connectivity index (χ3v) is 4.12. The predicted octanol–water partition coefficient (Wildman–Crippen LogP) is 3.57. The van der Waals surface area contributed by atoms with Crippen molar-refractivity contribution in [3.05, 3.63) is 35.4 Å². The molecule has 0 aliphatic heterocycles. The Morgan fingerprint density at radius 2 is 1.80 bits per heavy atom. The zero-order chi connectivity index (χ0) is 19.0. The number of hydrogen-bond acceptors (Lipinski definition) is 3. The number of carbonyl (C=O) groups excluding carboxylic acids is 1. The van der Waals surface area contributed by atoms with E-state index in [1.165, 1.54) is 0 Å².